The van der Waals surface area contributed by atoms with Crippen molar-refractivity contribution in [2.75, 3.05) is 11.4 Å². The molecular formula is C16H17N3O. The Balaban J connectivity index is 1.88. The first-order chi connectivity index (χ1) is 9.78. The summed E-state index contributed by atoms with van der Waals surface area (Å²) in [7, 11) is 0. The van der Waals surface area contributed by atoms with Crippen LogP contribution in [0.2, 0.25) is 0 Å². The molecule has 1 aliphatic heterocycles. The summed E-state index contributed by atoms with van der Waals surface area (Å²) < 4.78 is 0. The van der Waals surface area contributed by atoms with E-state index in [4.69, 9.17) is 5.21 Å². The van der Waals surface area contributed by atoms with Crippen molar-refractivity contribution in [2.45, 2.75) is 19.9 Å². The second kappa shape index (κ2) is 5.33. The number of oxime groups is 1. The van der Waals surface area contributed by atoms with Gasteiger partial charge in [0.05, 0.1) is 6.21 Å². The van der Waals surface area contributed by atoms with E-state index in [2.05, 4.69) is 39.3 Å². The molecule has 0 saturated carbocycles. The van der Waals surface area contributed by atoms with Crippen molar-refractivity contribution in [1.82, 2.24) is 4.98 Å². The molecule has 3 rings (SSSR count). The van der Waals surface area contributed by atoms with E-state index in [1.165, 1.54) is 17.3 Å². The monoisotopic (exact) mass is 267 g/mol. The number of benzene rings is 1. The van der Waals surface area contributed by atoms with Crippen molar-refractivity contribution >= 4 is 12.0 Å². The summed E-state index contributed by atoms with van der Waals surface area (Å²) in [4.78, 5) is 6.82. The van der Waals surface area contributed by atoms with Crippen molar-refractivity contribution in [2.24, 2.45) is 5.16 Å². The van der Waals surface area contributed by atoms with Crippen molar-refractivity contribution < 1.29 is 5.21 Å². The largest absolute Gasteiger partial charge is 0.411 e. The molecule has 2 aromatic rings. The Morgan fingerprint density at radius 3 is 2.85 bits per heavy atom. The van der Waals surface area contributed by atoms with E-state index in [9.17, 15) is 0 Å². The summed E-state index contributed by atoms with van der Waals surface area (Å²) >= 11 is 0. The highest BCUT2D eigenvalue weighted by atomic mass is 16.4. The number of pyridine rings is 1. The van der Waals surface area contributed by atoms with Crippen LogP contribution in [0.4, 0.5) is 5.82 Å². The maximum Gasteiger partial charge on any atom is 0.131 e. The minimum Gasteiger partial charge on any atom is -0.411 e. The van der Waals surface area contributed by atoms with Crippen LogP contribution in [0.15, 0.2) is 41.7 Å². The van der Waals surface area contributed by atoms with Crippen LogP contribution in [-0.4, -0.2) is 23.0 Å². The summed E-state index contributed by atoms with van der Waals surface area (Å²) in [6.07, 6.45) is 4.19. The highest BCUT2D eigenvalue weighted by molar-refractivity contribution is 5.79. The fraction of sp³-hybridized carbons (Fsp3) is 0.250. The molecule has 1 N–H and O–H groups in total. The summed E-state index contributed by atoms with van der Waals surface area (Å²) in [5.41, 5.74) is 4.72. The fourth-order valence-corrected chi connectivity index (χ4v) is 2.73. The molecule has 0 amide bonds. The lowest BCUT2D eigenvalue weighted by molar-refractivity contribution is 0.322. The number of aromatic nitrogens is 1. The zero-order valence-corrected chi connectivity index (χ0v) is 11.5. The van der Waals surface area contributed by atoms with Gasteiger partial charge in [0.1, 0.15) is 5.82 Å². The second-order valence-electron chi connectivity index (χ2n) is 5.09. The third-order valence-corrected chi connectivity index (χ3v) is 3.71. The molecule has 0 spiro atoms. The average molecular weight is 267 g/mol. The van der Waals surface area contributed by atoms with Gasteiger partial charge in [-0.25, -0.2) is 4.98 Å². The minimum atomic E-state index is 0.811. The van der Waals surface area contributed by atoms with Gasteiger partial charge in [0.25, 0.3) is 0 Å². The van der Waals surface area contributed by atoms with Gasteiger partial charge >= 0.3 is 0 Å². The van der Waals surface area contributed by atoms with Crippen LogP contribution < -0.4 is 4.90 Å². The van der Waals surface area contributed by atoms with E-state index in [0.717, 1.165) is 36.5 Å². The highest BCUT2D eigenvalue weighted by Crippen LogP contribution is 2.25. The third kappa shape index (κ3) is 2.37. The van der Waals surface area contributed by atoms with Gasteiger partial charge < -0.3 is 10.1 Å². The van der Waals surface area contributed by atoms with Crippen LogP contribution >= 0.6 is 0 Å². The van der Waals surface area contributed by atoms with Gasteiger partial charge in [0.2, 0.25) is 0 Å². The van der Waals surface area contributed by atoms with Crippen LogP contribution in [0.3, 0.4) is 0 Å². The molecule has 1 aromatic heterocycles. The Kier molecular flexibility index (Phi) is 3.37. The van der Waals surface area contributed by atoms with Gasteiger partial charge in [0.15, 0.2) is 0 Å². The summed E-state index contributed by atoms with van der Waals surface area (Å²) in [6, 6.07) is 10.6. The molecule has 2 heterocycles. The first kappa shape index (κ1) is 12.7. The van der Waals surface area contributed by atoms with Gasteiger partial charge in [0, 0.05) is 24.8 Å². The lowest BCUT2D eigenvalue weighted by atomic mass is 9.99. The summed E-state index contributed by atoms with van der Waals surface area (Å²) in [6.45, 7) is 3.92. The lowest BCUT2D eigenvalue weighted by Gasteiger charge is -2.30. The fourth-order valence-electron chi connectivity index (χ4n) is 2.73. The molecular weight excluding hydrogens is 250 g/mol. The quantitative estimate of drug-likeness (QED) is 0.517. The van der Waals surface area contributed by atoms with Gasteiger partial charge in [-0.15, -0.1) is 0 Å². The number of nitrogens with zero attached hydrogens (tertiary/aromatic N) is 3. The van der Waals surface area contributed by atoms with Crippen LogP contribution in [0.1, 0.15) is 22.3 Å². The van der Waals surface area contributed by atoms with Gasteiger partial charge in [-0.3, -0.25) is 0 Å². The Morgan fingerprint density at radius 1 is 1.30 bits per heavy atom. The molecule has 0 bridgehead atoms. The first-order valence-electron chi connectivity index (χ1n) is 6.74. The Hall–Kier alpha value is -2.36. The molecule has 4 nitrogen and oxygen atoms in total. The number of rotatable bonds is 2. The molecule has 0 atom stereocenters. The van der Waals surface area contributed by atoms with E-state index in [1.807, 2.05) is 13.0 Å². The molecule has 0 unspecified atom stereocenters. The van der Waals surface area contributed by atoms with E-state index >= 15 is 0 Å². The van der Waals surface area contributed by atoms with E-state index < -0.39 is 0 Å². The van der Waals surface area contributed by atoms with Gasteiger partial charge in [-0.1, -0.05) is 29.4 Å². The molecule has 4 heteroatoms. The van der Waals surface area contributed by atoms with Crippen molar-refractivity contribution in [3.8, 4) is 0 Å². The second-order valence-corrected chi connectivity index (χ2v) is 5.09. The predicted octanol–water partition coefficient (Wildman–Crippen LogP) is 2.76. The number of aryl methyl sites for hydroxylation is 1. The standard InChI is InChI=1S/C16H17N3O/c1-12-8-13(10-18-20)9-17-16(12)19-7-6-14-4-2-3-5-15(14)11-19/h2-5,8-10,20H,6-7,11H2,1H3/b18-10+. The normalized spacial score (nSPS) is 14.6. The number of hydrogen-bond donors (Lipinski definition) is 1. The number of anilines is 1. The predicted molar refractivity (Wildman–Crippen MR) is 79.6 cm³/mol. The Bertz CT molecular complexity index is 652. The SMILES string of the molecule is Cc1cc(/C=N/O)cnc1N1CCc2ccccc2C1. The first-order valence-corrected chi connectivity index (χ1v) is 6.74. The molecule has 0 radical (unpaired) electrons. The molecule has 102 valence electrons. The molecule has 0 saturated heterocycles. The zero-order chi connectivity index (χ0) is 13.9. The van der Waals surface area contributed by atoms with E-state index in [0.29, 0.717) is 0 Å². The molecule has 0 aliphatic carbocycles. The molecule has 1 aliphatic rings. The zero-order valence-electron chi connectivity index (χ0n) is 11.5. The van der Waals surface area contributed by atoms with E-state index in [1.54, 1.807) is 6.20 Å². The minimum absolute atomic E-state index is 0.811. The Labute approximate surface area is 118 Å². The number of hydrogen-bond acceptors (Lipinski definition) is 4. The smallest absolute Gasteiger partial charge is 0.131 e. The van der Waals surface area contributed by atoms with Crippen molar-refractivity contribution in [3.05, 3.63) is 58.8 Å². The van der Waals surface area contributed by atoms with Crippen LogP contribution in [-0.2, 0) is 13.0 Å². The number of fused-ring (bicyclic) bond motifs is 1. The van der Waals surface area contributed by atoms with Crippen molar-refractivity contribution in [3.63, 3.8) is 0 Å². The van der Waals surface area contributed by atoms with Crippen LogP contribution in [0.25, 0.3) is 0 Å². The van der Waals surface area contributed by atoms with Gasteiger partial charge in [-0.05, 0) is 36.1 Å². The maximum atomic E-state index is 8.57. The molecule has 20 heavy (non-hydrogen) atoms. The summed E-state index contributed by atoms with van der Waals surface area (Å²) in [5, 5.41) is 11.6. The van der Waals surface area contributed by atoms with Crippen molar-refractivity contribution in [1.29, 1.82) is 0 Å². The third-order valence-electron chi connectivity index (χ3n) is 3.71. The lowest BCUT2D eigenvalue weighted by Crippen LogP contribution is -2.31. The van der Waals surface area contributed by atoms with Gasteiger partial charge in [-0.2, -0.15) is 0 Å². The van der Waals surface area contributed by atoms with E-state index in [-0.39, 0.29) is 0 Å². The summed E-state index contributed by atoms with van der Waals surface area (Å²) in [5.74, 6) is 1.01. The molecule has 1 aromatic carbocycles. The van der Waals surface area contributed by atoms with Crippen LogP contribution in [0.5, 0.6) is 0 Å². The Morgan fingerprint density at radius 2 is 2.10 bits per heavy atom. The maximum absolute atomic E-state index is 8.57. The average Bonchev–Trinajstić information content (AvgIpc) is 2.47. The topological polar surface area (TPSA) is 48.7 Å². The molecule has 0 fully saturated rings. The highest BCUT2D eigenvalue weighted by Gasteiger charge is 2.18. The van der Waals surface area contributed by atoms with Crippen LogP contribution in [0, 0.1) is 6.92 Å².